The Morgan fingerprint density at radius 1 is 0.909 bits per heavy atom. The Morgan fingerprint density at radius 3 is 2.09 bits per heavy atom. The molecule has 0 atom stereocenters. The molecule has 1 saturated heterocycles. The number of hydrogen-bond donors (Lipinski definition) is 0. The standard InChI is InChI=1S/C18H22BNO2/c1-13-8-10-14(11-9-13)16-15(7-6-12-20-16)19-21-17(2,3)18(4,5)22-19/h6-12H,1-5H3. The van der Waals surface area contributed by atoms with E-state index in [1.807, 2.05) is 18.3 Å². The normalized spacial score (nSPS) is 19.4. The second-order valence-corrected chi connectivity index (χ2v) is 6.90. The van der Waals surface area contributed by atoms with Crippen molar-refractivity contribution in [1.29, 1.82) is 0 Å². The monoisotopic (exact) mass is 295 g/mol. The molecule has 1 aliphatic heterocycles. The van der Waals surface area contributed by atoms with E-state index in [-0.39, 0.29) is 11.2 Å². The topological polar surface area (TPSA) is 31.4 Å². The van der Waals surface area contributed by atoms with Gasteiger partial charge in [-0.3, -0.25) is 4.98 Å². The summed E-state index contributed by atoms with van der Waals surface area (Å²) in [6.07, 6.45) is 1.81. The van der Waals surface area contributed by atoms with Crippen molar-refractivity contribution in [3.8, 4) is 11.3 Å². The first kappa shape index (κ1) is 15.3. The summed E-state index contributed by atoms with van der Waals surface area (Å²) < 4.78 is 12.3. The molecule has 3 nitrogen and oxygen atoms in total. The Kier molecular flexibility index (Phi) is 3.62. The second kappa shape index (κ2) is 5.22. The van der Waals surface area contributed by atoms with Gasteiger partial charge in [0.15, 0.2) is 0 Å². The molecule has 0 radical (unpaired) electrons. The summed E-state index contributed by atoms with van der Waals surface area (Å²) in [5, 5.41) is 0. The van der Waals surface area contributed by atoms with Gasteiger partial charge in [0.2, 0.25) is 0 Å². The molecule has 22 heavy (non-hydrogen) atoms. The number of pyridine rings is 1. The summed E-state index contributed by atoms with van der Waals surface area (Å²) >= 11 is 0. The minimum Gasteiger partial charge on any atom is -0.399 e. The molecular weight excluding hydrogens is 273 g/mol. The predicted molar refractivity (Wildman–Crippen MR) is 90.1 cm³/mol. The fraction of sp³-hybridized carbons (Fsp3) is 0.389. The molecule has 0 N–H and O–H groups in total. The van der Waals surface area contributed by atoms with Crippen LogP contribution in [0.15, 0.2) is 42.6 Å². The van der Waals surface area contributed by atoms with Gasteiger partial charge in [-0.15, -0.1) is 0 Å². The van der Waals surface area contributed by atoms with Crippen molar-refractivity contribution in [2.24, 2.45) is 0 Å². The molecule has 0 aliphatic carbocycles. The van der Waals surface area contributed by atoms with Crippen LogP contribution in [0.3, 0.4) is 0 Å². The van der Waals surface area contributed by atoms with Gasteiger partial charge < -0.3 is 9.31 Å². The molecule has 1 aliphatic rings. The first-order chi connectivity index (χ1) is 10.3. The third kappa shape index (κ3) is 2.57. The van der Waals surface area contributed by atoms with Gasteiger partial charge in [-0.05, 0) is 46.2 Å². The lowest BCUT2D eigenvalue weighted by molar-refractivity contribution is 0.00578. The van der Waals surface area contributed by atoms with Crippen molar-refractivity contribution in [2.45, 2.75) is 45.8 Å². The Morgan fingerprint density at radius 2 is 1.50 bits per heavy atom. The molecule has 2 aromatic rings. The molecular formula is C18H22BNO2. The van der Waals surface area contributed by atoms with E-state index in [4.69, 9.17) is 9.31 Å². The molecule has 0 saturated carbocycles. The van der Waals surface area contributed by atoms with E-state index in [1.165, 1.54) is 5.56 Å². The highest BCUT2D eigenvalue weighted by Gasteiger charge is 2.52. The van der Waals surface area contributed by atoms with Gasteiger partial charge in [0.25, 0.3) is 0 Å². The average molecular weight is 295 g/mol. The van der Waals surface area contributed by atoms with Gasteiger partial charge in [0.1, 0.15) is 0 Å². The van der Waals surface area contributed by atoms with Crippen LogP contribution in [-0.4, -0.2) is 23.3 Å². The van der Waals surface area contributed by atoms with Gasteiger partial charge in [-0.1, -0.05) is 35.9 Å². The number of aryl methyl sites for hydroxylation is 1. The van der Waals surface area contributed by atoms with Crippen LogP contribution in [0.2, 0.25) is 0 Å². The largest absolute Gasteiger partial charge is 0.497 e. The van der Waals surface area contributed by atoms with Crippen LogP contribution in [0.4, 0.5) is 0 Å². The molecule has 4 heteroatoms. The Bertz CT molecular complexity index is 664. The maximum absolute atomic E-state index is 6.17. The highest BCUT2D eigenvalue weighted by Crippen LogP contribution is 2.37. The van der Waals surface area contributed by atoms with E-state index in [1.54, 1.807) is 0 Å². The van der Waals surface area contributed by atoms with E-state index in [9.17, 15) is 0 Å². The maximum atomic E-state index is 6.17. The lowest BCUT2D eigenvalue weighted by Gasteiger charge is -2.32. The van der Waals surface area contributed by atoms with Gasteiger partial charge in [-0.2, -0.15) is 0 Å². The van der Waals surface area contributed by atoms with Crippen LogP contribution in [0.5, 0.6) is 0 Å². The highest BCUT2D eigenvalue weighted by molar-refractivity contribution is 6.63. The molecule has 1 fully saturated rings. The fourth-order valence-corrected chi connectivity index (χ4v) is 2.53. The summed E-state index contributed by atoms with van der Waals surface area (Å²) in [5.41, 5.74) is 3.51. The lowest BCUT2D eigenvalue weighted by Crippen LogP contribution is -2.41. The first-order valence-corrected chi connectivity index (χ1v) is 7.68. The van der Waals surface area contributed by atoms with Crippen LogP contribution < -0.4 is 5.46 Å². The predicted octanol–water partition coefficient (Wildman–Crippen LogP) is 3.36. The summed E-state index contributed by atoms with van der Waals surface area (Å²) in [6.45, 7) is 10.3. The molecule has 1 aromatic heterocycles. The van der Waals surface area contributed by atoms with Gasteiger partial charge in [0.05, 0.1) is 16.9 Å². The summed E-state index contributed by atoms with van der Waals surface area (Å²) in [4.78, 5) is 4.56. The maximum Gasteiger partial charge on any atom is 0.497 e. The quantitative estimate of drug-likeness (QED) is 0.796. The van der Waals surface area contributed by atoms with E-state index in [2.05, 4.69) is 63.9 Å². The first-order valence-electron chi connectivity index (χ1n) is 7.68. The molecule has 1 aromatic carbocycles. The lowest BCUT2D eigenvalue weighted by atomic mass is 9.76. The molecule has 0 bridgehead atoms. The van der Waals surface area contributed by atoms with Crippen molar-refractivity contribution in [3.05, 3.63) is 48.2 Å². The minimum atomic E-state index is -0.394. The van der Waals surface area contributed by atoms with Crippen molar-refractivity contribution in [1.82, 2.24) is 4.98 Å². The Labute approximate surface area is 132 Å². The zero-order valence-electron chi connectivity index (χ0n) is 13.9. The zero-order valence-corrected chi connectivity index (χ0v) is 13.9. The summed E-state index contributed by atoms with van der Waals surface area (Å²) in [5.74, 6) is 0. The van der Waals surface area contributed by atoms with E-state index in [0.717, 1.165) is 16.7 Å². The van der Waals surface area contributed by atoms with Crippen LogP contribution in [0, 0.1) is 6.92 Å². The van der Waals surface area contributed by atoms with Crippen LogP contribution in [0.25, 0.3) is 11.3 Å². The van der Waals surface area contributed by atoms with Crippen molar-refractivity contribution in [2.75, 3.05) is 0 Å². The van der Waals surface area contributed by atoms with Crippen molar-refractivity contribution < 1.29 is 9.31 Å². The SMILES string of the molecule is Cc1ccc(-c2ncccc2B2OC(C)(C)C(C)(C)O2)cc1. The summed E-state index contributed by atoms with van der Waals surface area (Å²) in [6, 6.07) is 12.3. The van der Waals surface area contributed by atoms with Crippen LogP contribution in [0.1, 0.15) is 33.3 Å². The molecule has 114 valence electrons. The molecule has 3 rings (SSSR count). The Hall–Kier alpha value is -1.65. The third-order valence-electron chi connectivity index (χ3n) is 4.67. The number of hydrogen-bond acceptors (Lipinski definition) is 3. The number of benzene rings is 1. The average Bonchev–Trinajstić information content (AvgIpc) is 2.68. The fourth-order valence-electron chi connectivity index (χ4n) is 2.53. The van der Waals surface area contributed by atoms with E-state index < -0.39 is 7.12 Å². The van der Waals surface area contributed by atoms with Gasteiger partial charge in [0, 0.05) is 11.7 Å². The van der Waals surface area contributed by atoms with Gasteiger partial charge >= 0.3 is 7.12 Å². The number of nitrogens with zero attached hydrogens (tertiary/aromatic N) is 1. The highest BCUT2D eigenvalue weighted by atomic mass is 16.7. The van der Waals surface area contributed by atoms with Crippen LogP contribution in [-0.2, 0) is 9.31 Å². The number of rotatable bonds is 2. The van der Waals surface area contributed by atoms with E-state index >= 15 is 0 Å². The molecule has 0 amide bonds. The van der Waals surface area contributed by atoms with Gasteiger partial charge in [-0.25, -0.2) is 0 Å². The van der Waals surface area contributed by atoms with Crippen molar-refractivity contribution >= 4 is 12.6 Å². The molecule has 0 unspecified atom stereocenters. The molecule has 0 spiro atoms. The smallest absolute Gasteiger partial charge is 0.399 e. The molecule has 2 heterocycles. The third-order valence-corrected chi connectivity index (χ3v) is 4.67. The number of aromatic nitrogens is 1. The second-order valence-electron chi connectivity index (χ2n) is 6.90. The van der Waals surface area contributed by atoms with E-state index in [0.29, 0.717) is 0 Å². The van der Waals surface area contributed by atoms with Crippen LogP contribution >= 0.6 is 0 Å². The zero-order chi connectivity index (χ0) is 16.0. The van der Waals surface area contributed by atoms with Crippen molar-refractivity contribution in [3.63, 3.8) is 0 Å². The Balaban J connectivity index is 2.01. The summed E-state index contributed by atoms with van der Waals surface area (Å²) in [7, 11) is -0.394. The minimum absolute atomic E-state index is 0.349.